The summed E-state index contributed by atoms with van der Waals surface area (Å²) < 4.78 is 0. The minimum Gasteiger partial charge on any atom is -0.356 e. The van der Waals surface area contributed by atoms with E-state index in [0.717, 1.165) is 25.7 Å². The summed E-state index contributed by atoms with van der Waals surface area (Å²) in [6.07, 6.45) is 3.70. The SMILES string of the molecule is N=C(NCCCCCCNC(=N)NC(=N)Nc1ccc(Cl)cc1)NC(=N)Nc1ccc(Cl)cc1.OO. The molecule has 12 N–H and O–H groups in total. The van der Waals surface area contributed by atoms with Crippen LogP contribution in [-0.2, 0) is 0 Å². The van der Waals surface area contributed by atoms with Crippen molar-refractivity contribution in [2.45, 2.75) is 25.7 Å². The van der Waals surface area contributed by atoms with Gasteiger partial charge in [-0.1, -0.05) is 36.0 Å². The number of hydrogen-bond donors (Lipinski definition) is 12. The molecule has 0 aromatic heterocycles. The van der Waals surface area contributed by atoms with Gasteiger partial charge in [-0.05, 0) is 61.4 Å². The van der Waals surface area contributed by atoms with Crippen LogP contribution in [0.25, 0.3) is 0 Å². The normalized spacial score (nSPS) is 9.67. The molecule has 0 saturated carbocycles. The third-order valence-electron chi connectivity index (χ3n) is 4.43. The highest BCUT2D eigenvalue weighted by Crippen LogP contribution is 2.13. The molecule has 12 nitrogen and oxygen atoms in total. The average molecular weight is 539 g/mol. The number of anilines is 2. The van der Waals surface area contributed by atoms with E-state index < -0.39 is 0 Å². The fourth-order valence-corrected chi connectivity index (χ4v) is 3.04. The lowest BCUT2D eigenvalue weighted by atomic mass is 10.2. The summed E-state index contributed by atoms with van der Waals surface area (Å²) in [5.74, 6) is 0.112. The van der Waals surface area contributed by atoms with Gasteiger partial charge in [0.2, 0.25) is 0 Å². The number of benzene rings is 2. The van der Waals surface area contributed by atoms with E-state index in [4.69, 9.17) is 55.4 Å². The molecule has 36 heavy (non-hydrogen) atoms. The Morgan fingerprint density at radius 1 is 0.556 bits per heavy atom. The zero-order chi connectivity index (χ0) is 26.8. The summed E-state index contributed by atoms with van der Waals surface area (Å²) in [5.41, 5.74) is 1.42. The van der Waals surface area contributed by atoms with Crippen molar-refractivity contribution in [1.29, 1.82) is 21.6 Å². The van der Waals surface area contributed by atoms with Crippen LogP contribution >= 0.6 is 23.2 Å². The molecule has 0 atom stereocenters. The highest BCUT2D eigenvalue weighted by Gasteiger charge is 2.03. The molecule has 0 aliphatic rings. The number of guanidine groups is 4. The van der Waals surface area contributed by atoms with Gasteiger partial charge in [-0.2, -0.15) is 0 Å². The fourth-order valence-electron chi connectivity index (χ4n) is 2.79. The Hall–Kier alpha value is -3.58. The molecule has 0 amide bonds. The largest absolute Gasteiger partial charge is 0.356 e. The fraction of sp³-hybridized carbons (Fsp3) is 0.273. The van der Waals surface area contributed by atoms with Crippen LogP contribution in [0.1, 0.15) is 25.7 Å². The van der Waals surface area contributed by atoms with Crippen LogP contribution in [0.5, 0.6) is 0 Å². The summed E-state index contributed by atoms with van der Waals surface area (Å²) in [4.78, 5) is 0. The summed E-state index contributed by atoms with van der Waals surface area (Å²) >= 11 is 11.7. The van der Waals surface area contributed by atoms with Crippen LogP contribution in [0.3, 0.4) is 0 Å². The van der Waals surface area contributed by atoms with E-state index in [9.17, 15) is 0 Å². The molecule has 0 unspecified atom stereocenters. The van der Waals surface area contributed by atoms with Crippen molar-refractivity contribution in [3.63, 3.8) is 0 Å². The highest BCUT2D eigenvalue weighted by atomic mass is 35.5. The van der Waals surface area contributed by atoms with Gasteiger partial charge in [0.1, 0.15) is 0 Å². The van der Waals surface area contributed by atoms with E-state index in [-0.39, 0.29) is 23.8 Å². The van der Waals surface area contributed by atoms with Gasteiger partial charge >= 0.3 is 0 Å². The molecular weight excluding hydrogens is 507 g/mol. The van der Waals surface area contributed by atoms with Gasteiger partial charge in [0.05, 0.1) is 0 Å². The van der Waals surface area contributed by atoms with Crippen molar-refractivity contribution in [1.82, 2.24) is 21.3 Å². The number of unbranched alkanes of at least 4 members (excludes halogenated alkanes) is 3. The van der Waals surface area contributed by atoms with Crippen molar-refractivity contribution in [2.75, 3.05) is 23.7 Å². The average Bonchev–Trinajstić information content (AvgIpc) is 2.84. The van der Waals surface area contributed by atoms with E-state index in [1.165, 1.54) is 0 Å². The van der Waals surface area contributed by atoms with Crippen molar-refractivity contribution >= 4 is 58.4 Å². The van der Waals surface area contributed by atoms with Gasteiger partial charge in [-0.25, -0.2) is 0 Å². The lowest BCUT2D eigenvalue weighted by Crippen LogP contribution is -2.43. The molecule has 0 heterocycles. The van der Waals surface area contributed by atoms with E-state index in [1.807, 2.05) is 0 Å². The molecule has 196 valence electrons. The molecule has 2 rings (SSSR count). The summed E-state index contributed by atoms with van der Waals surface area (Å²) in [5, 5.41) is 61.5. The third-order valence-corrected chi connectivity index (χ3v) is 4.94. The molecule has 0 aliphatic carbocycles. The first kappa shape index (κ1) is 30.5. The third kappa shape index (κ3) is 14.0. The summed E-state index contributed by atoms with van der Waals surface area (Å²) in [6.45, 7) is 1.25. The van der Waals surface area contributed by atoms with E-state index in [2.05, 4.69) is 31.9 Å². The molecule has 0 aliphatic heterocycles. The monoisotopic (exact) mass is 538 g/mol. The Balaban J connectivity index is 0.00000316. The van der Waals surface area contributed by atoms with Crippen molar-refractivity contribution in [2.24, 2.45) is 0 Å². The van der Waals surface area contributed by atoms with Crippen LogP contribution in [-0.4, -0.2) is 47.4 Å². The maximum Gasteiger partial charge on any atom is 0.199 e. The van der Waals surface area contributed by atoms with Gasteiger partial charge in [-0.15, -0.1) is 0 Å². The van der Waals surface area contributed by atoms with Crippen molar-refractivity contribution in [3.05, 3.63) is 58.6 Å². The number of halogens is 2. The zero-order valence-corrected chi connectivity index (χ0v) is 21.0. The smallest absolute Gasteiger partial charge is 0.199 e. The van der Waals surface area contributed by atoms with Gasteiger partial charge in [-0.3, -0.25) is 42.8 Å². The summed E-state index contributed by atoms with van der Waals surface area (Å²) in [6, 6.07) is 13.9. The zero-order valence-electron chi connectivity index (χ0n) is 19.5. The molecule has 2 aromatic carbocycles. The number of hydrogen-bond acceptors (Lipinski definition) is 6. The van der Waals surface area contributed by atoms with Crippen LogP contribution in [0.15, 0.2) is 48.5 Å². The molecule has 0 saturated heterocycles. The second kappa shape index (κ2) is 17.8. The first-order valence-corrected chi connectivity index (χ1v) is 11.7. The van der Waals surface area contributed by atoms with E-state index in [1.54, 1.807) is 48.5 Å². The minimum absolute atomic E-state index is 0.00148. The van der Waals surface area contributed by atoms with Crippen molar-refractivity contribution < 1.29 is 10.5 Å². The Morgan fingerprint density at radius 2 is 0.889 bits per heavy atom. The second-order valence-electron chi connectivity index (χ2n) is 7.28. The van der Waals surface area contributed by atoms with Crippen LogP contribution in [0, 0.1) is 21.6 Å². The number of rotatable bonds is 9. The Bertz CT molecular complexity index is 892. The Kier molecular flexibility index (Phi) is 15.1. The maximum atomic E-state index is 7.86. The second-order valence-corrected chi connectivity index (χ2v) is 8.15. The highest BCUT2D eigenvalue weighted by molar-refractivity contribution is 6.31. The number of nitrogens with one attached hydrogen (secondary N) is 10. The quantitative estimate of drug-likeness (QED) is 0.0729. The first-order chi connectivity index (χ1) is 17.3. The molecular formula is C22H32Cl2N10O2. The van der Waals surface area contributed by atoms with Crippen LogP contribution in [0.2, 0.25) is 10.0 Å². The van der Waals surface area contributed by atoms with E-state index >= 15 is 0 Å². The van der Waals surface area contributed by atoms with Gasteiger partial charge in [0.25, 0.3) is 0 Å². The van der Waals surface area contributed by atoms with Gasteiger partial charge in [0, 0.05) is 34.5 Å². The molecule has 0 radical (unpaired) electrons. The lowest BCUT2D eigenvalue weighted by molar-refractivity contribution is -0.176. The maximum absolute atomic E-state index is 7.86. The van der Waals surface area contributed by atoms with Gasteiger partial charge < -0.3 is 21.3 Å². The van der Waals surface area contributed by atoms with Gasteiger partial charge in [0.15, 0.2) is 23.8 Å². The topological polar surface area (TPSA) is 208 Å². The van der Waals surface area contributed by atoms with Crippen LogP contribution < -0.4 is 31.9 Å². The summed E-state index contributed by atoms with van der Waals surface area (Å²) in [7, 11) is 0. The minimum atomic E-state index is -0.00148. The Morgan fingerprint density at radius 3 is 1.22 bits per heavy atom. The predicted molar refractivity (Wildman–Crippen MR) is 147 cm³/mol. The van der Waals surface area contributed by atoms with Crippen LogP contribution in [0.4, 0.5) is 11.4 Å². The predicted octanol–water partition coefficient (Wildman–Crippen LogP) is 4.19. The standard InChI is InChI=1S/C22H30Cl2N10.H2O2/c23-15-5-9-17(10-6-15)31-21(27)33-19(25)29-13-3-1-2-4-14-30-20(26)34-22(28)32-18-11-7-16(24)8-12-18;1-2/h5-12H,1-4,13-14H2,(H5,25,27,29,31,33)(H5,26,28,30,32,34);1-2H. The van der Waals surface area contributed by atoms with E-state index in [0.29, 0.717) is 34.5 Å². The van der Waals surface area contributed by atoms with Crippen molar-refractivity contribution in [3.8, 4) is 0 Å². The first-order valence-electron chi connectivity index (χ1n) is 10.9. The lowest BCUT2D eigenvalue weighted by Gasteiger charge is -2.13. The molecule has 0 bridgehead atoms. The molecule has 2 aromatic rings. The molecule has 0 fully saturated rings. The molecule has 14 heteroatoms. The Labute approximate surface area is 219 Å². The molecule has 0 spiro atoms.